The van der Waals surface area contributed by atoms with E-state index in [0.717, 1.165) is 48.9 Å². The number of nitrogens with one attached hydrogen (secondary N) is 1. The maximum atomic E-state index is 13.9. The number of hydrogen-bond donors (Lipinski definition) is 1. The van der Waals surface area contributed by atoms with Crippen LogP contribution in [-0.4, -0.2) is 39.9 Å². The van der Waals surface area contributed by atoms with Crippen LogP contribution >= 0.6 is 0 Å². The highest BCUT2D eigenvalue weighted by molar-refractivity contribution is 6.08. The standard InChI is InChI=1S/C28H30N4O4/c1-27(2)17-19(11-14-35-27)18-9-10-22-20(15-18)16-23(24(33)31(3)21-7-5-4-6-8-21)32(22)28(12-13-28)25-29-26(34)36-30-25/h4-10,15-16,19H,11-14,17H2,1-3H3,(H,29,30,34)/t19-/m0/s1. The number of fused-ring (bicyclic) bond motifs is 1. The van der Waals surface area contributed by atoms with Gasteiger partial charge in [0, 0.05) is 30.2 Å². The molecule has 36 heavy (non-hydrogen) atoms. The average molecular weight is 487 g/mol. The van der Waals surface area contributed by atoms with Gasteiger partial charge in [-0.3, -0.25) is 14.3 Å². The third-order valence-corrected chi connectivity index (χ3v) is 7.69. The molecule has 1 N–H and O–H groups in total. The molecule has 3 heterocycles. The van der Waals surface area contributed by atoms with Gasteiger partial charge in [0.25, 0.3) is 5.91 Å². The summed E-state index contributed by atoms with van der Waals surface area (Å²) in [4.78, 5) is 30.1. The number of amides is 1. The van der Waals surface area contributed by atoms with E-state index < -0.39 is 11.3 Å². The number of aromatic amines is 1. The normalized spacial score (nSPS) is 20.4. The number of benzene rings is 2. The molecule has 2 aromatic heterocycles. The Morgan fingerprint density at radius 2 is 1.92 bits per heavy atom. The highest BCUT2D eigenvalue weighted by atomic mass is 16.5. The van der Waals surface area contributed by atoms with Crippen LogP contribution in [-0.2, 0) is 10.3 Å². The molecule has 0 radical (unpaired) electrons. The van der Waals surface area contributed by atoms with Crippen molar-refractivity contribution in [3.8, 4) is 0 Å². The molecule has 186 valence electrons. The molecule has 1 amide bonds. The van der Waals surface area contributed by atoms with Gasteiger partial charge in [0.05, 0.1) is 5.60 Å². The summed E-state index contributed by atoms with van der Waals surface area (Å²) in [5, 5.41) is 5.02. The number of carbonyl (C=O) groups excluding carboxylic acids is 1. The number of aromatic nitrogens is 3. The Bertz CT molecular complexity index is 1490. The summed E-state index contributed by atoms with van der Waals surface area (Å²) < 4.78 is 12.8. The van der Waals surface area contributed by atoms with Crippen molar-refractivity contribution in [3.63, 3.8) is 0 Å². The third kappa shape index (κ3) is 3.76. The monoisotopic (exact) mass is 486 g/mol. The third-order valence-electron chi connectivity index (χ3n) is 7.69. The van der Waals surface area contributed by atoms with Gasteiger partial charge in [0.2, 0.25) is 0 Å². The largest absolute Gasteiger partial charge is 0.438 e. The van der Waals surface area contributed by atoms with E-state index in [4.69, 9.17) is 9.26 Å². The predicted octanol–water partition coefficient (Wildman–Crippen LogP) is 4.80. The Hall–Kier alpha value is -3.65. The van der Waals surface area contributed by atoms with Gasteiger partial charge in [0.15, 0.2) is 5.82 Å². The molecule has 0 unspecified atom stereocenters. The topological polar surface area (TPSA) is 93.4 Å². The van der Waals surface area contributed by atoms with E-state index >= 15 is 0 Å². The molecule has 8 heteroatoms. The fourth-order valence-electron chi connectivity index (χ4n) is 5.68. The number of nitrogens with zero attached hydrogens (tertiary/aromatic N) is 3. The average Bonchev–Trinajstić information content (AvgIpc) is 3.39. The van der Waals surface area contributed by atoms with Crippen LogP contribution in [0, 0.1) is 0 Å². The number of rotatable bonds is 5. The fourth-order valence-corrected chi connectivity index (χ4v) is 5.68. The van der Waals surface area contributed by atoms with Crippen LogP contribution in [0.25, 0.3) is 10.9 Å². The number of carbonyl (C=O) groups is 1. The molecule has 8 nitrogen and oxygen atoms in total. The quantitative estimate of drug-likeness (QED) is 0.437. The van der Waals surface area contributed by atoms with Gasteiger partial charge in [-0.15, -0.1) is 0 Å². The number of hydrogen-bond acceptors (Lipinski definition) is 5. The summed E-state index contributed by atoms with van der Waals surface area (Å²) in [7, 11) is 1.78. The van der Waals surface area contributed by atoms with E-state index in [1.54, 1.807) is 11.9 Å². The van der Waals surface area contributed by atoms with E-state index in [-0.39, 0.29) is 11.5 Å². The lowest BCUT2D eigenvalue weighted by Crippen LogP contribution is -2.33. The van der Waals surface area contributed by atoms with Crippen LogP contribution in [0.1, 0.15) is 67.3 Å². The van der Waals surface area contributed by atoms with Crippen molar-refractivity contribution in [3.05, 3.63) is 82.2 Å². The maximum absolute atomic E-state index is 13.9. The molecule has 1 saturated heterocycles. The van der Waals surface area contributed by atoms with Crippen molar-refractivity contribution in [2.75, 3.05) is 18.6 Å². The van der Waals surface area contributed by atoms with Crippen molar-refractivity contribution in [2.45, 2.75) is 56.6 Å². The smallest absolute Gasteiger partial charge is 0.376 e. The van der Waals surface area contributed by atoms with Gasteiger partial charge < -0.3 is 14.2 Å². The Morgan fingerprint density at radius 3 is 2.58 bits per heavy atom. The molecule has 0 bridgehead atoms. The first kappa shape index (κ1) is 22.8. The molecular formula is C28H30N4O4. The molecule has 6 rings (SSSR count). The van der Waals surface area contributed by atoms with Crippen molar-refractivity contribution >= 4 is 22.5 Å². The molecule has 4 aromatic rings. The van der Waals surface area contributed by atoms with Gasteiger partial charge in [-0.05, 0) is 81.3 Å². The molecule has 1 aliphatic carbocycles. The van der Waals surface area contributed by atoms with Gasteiger partial charge in [-0.2, -0.15) is 0 Å². The lowest BCUT2D eigenvalue weighted by atomic mass is 9.83. The molecule has 2 fully saturated rings. The van der Waals surface area contributed by atoms with E-state index in [0.29, 0.717) is 17.4 Å². The molecule has 0 spiro atoms. The van der Waals surface area contributed by atoms with Crippen LogP contribution < -0.4 is 10.7 Å². The second-order valence-corrected chi connectivity index (χ2v) is 10.7. The van der Waals surface area contributed by atoms with Crippen molar-refractivity contribution < 1.29 is 14.1 Å². The molecule has 1 saturated carbocycles. The minimum Gasteiger partial charge on any atom is -0.376 e. The Kier molecular flexibility index (Phi) is 5.19. The lowest BCUT2D eigenvalue weighted by molar-refractivity contribution is -0.0592. The van der Waals surface area contributed by atoms with Gasteiger partial charge >= 0.3 is 5.76 Å². The summed E-state index contributed by atoms with van der Waals surface area (Å²) in [5.74, 6) is 0.140. The highest BCUT2D eigenvalue weighted by Crippen LogP contribution is 2.51. The molecule has 2 aliphatic rings. The molecule has 2 aromatic carbocycles. The fraction of sp³-hybridized carbons (Fsp3) is 0.393. The molecule has 1 aliphatic heterocycles. The zero-order valence-electron chi connectivity index (χ0n) is 20.8. The summed E-state index contributed by atoms with van der Waals surface area (Å²) in [6.45, 7) is 5.02. The maximum Gasteiger partial charge on any atom is 0.438 e. The van der Waals surface area contributed by atoms with E-state index in [1.807, 2.05) is 36.4 Å². The van der Waals surface area contributed by atoms with Crippen molar-refractivity contribution in [1.82, 2.24) is 14.7 Å². The van der Waals surface area contributed by atoms with Crippen molar-refractivity contribution in [1.29, 1.82) is 0 Å². The minimum atomic E-state index is -0.612. The van der Waals surface area contributed by atoms with Crippen LogP contribution in [0.2, 0.25) is 0 Å². The highest BCUT2D eigenvalue weighted by Gasteiger charge is 2.52. The SMILES string of the molecule is CN(C(=O)c1cc2cc([C@H]3CCOC(C)(C)C3)ccc2n1C1(c2noc(=O)[nH]2)CC1)c1ccccc1. The zero-order chi connectivity index (χ0) is 25.1. The van der Waals surface area contributed by atoms with E-state index in [1.165, 1.54) is 5.56 Å². The first-order chi connectivity index (χ1) is 17.3. The molecule has 1 atom stereocenters. The van der Waals surface area contributed by atoms with Crippen molar-refractivity contribution in [2.24, 2.45) is 0 Å². The number of para-hydroxylation sites is 1. The Labute approximate surface area is 208 Å². The van der Waals surface area contributed by atoms with E-state index in [2.05, 4.69) is 46.8 Å². The summed E-state index contributed by atoms with van der Waals surface area (Å²) in [6, 6.07) is 18.0. The van der Waals surface area contributed by atoms with Crippen LogP contribution in [0.5, 0.6) is 0 Å². The number of anilines is 1. The van der Waals surface area contributed by atoms with Gasteiger partial charge in [0.1, 0.15) is 11.2 Å². The number of H-pyrrole nitrogens is 1. The first-order valence-electron chi connectivity index (χ1n) is 12.5. The Morgan fingerprint density at radius 1 is 1.14 bits per heavy atom. The first-order valence-corrected chi connectivity index (χ1v) is 12.5. The minimum absolute atomic E-state index is 0.122. The second-order valence-electron chi connectivity index (χ2n) is 10.7. The summed E-state index contributed by atoms with van der Waals surface area (Å²) in [5.41, 5.74) is 2.80. The Balaban J connectivity index is 1.49. The van der Waals surface area contributed by atoms with Crippen LogP contribution in [0.4, 0.5) is 5.69 Å². The predicted molar refractivity (Wildman–Crippen MR) is 137 cm³/mol. The van der Waals surface area contributed by atoms with Gasteiger partial charge in [-0.25, -0.2) is 4.79 Å². The summed E-state index contributed by atoms with van der Waals surface area (Å²) >= 11 is 0. The molecular weight excluding hydrogens is 456 g/mol. The van der Waals surface area contributed by atoms with Crippen LogP contribution in [0.3, 0.4) is 0 Å². The van der Waals surface area contributed by atoms with Crippen LogP contribution in [0.15, 0.2) is 63.9 Å². The second kappa shape index (κ2) is 8.20. The lowest BCUT2D eigenvalue weighted by Gasteiger charge is -2.35. The van der Waals surface area contributed by atoms with Gasteiger partial charge in [-0.1, -0.05) is 29.4 Å². The van der Waals surface area contributed by atoms with E-state index in [9.17, 15) is 9.59 Å². The summed E-state index contributed by atoms with van der Waals surface area (Å²) in [6.07, 6.45) is 3.43. The zero-order valence-corrected chi connectivity index (χ0v) is 20.8. The number of ether oxygens (including phenoxy) is 1.